The van der Waals surface area contributed by atoms with E-state index >= 15 is 0 Å². The molecule has 0 saturated carbocycles. The highest BCUT2D eigenvalue weighted by atomic mass is 35.5. The Hall–Kier alpha value is -3.66. The van der Waals surface area contributed by atoms with Gasteiger partial charge in [0.1, 0.15) is 5.75 Å². The zero-order chi connectivity index (χ0) is 21.4. The number of nitrogens with one attached hydrogen (secondary N) is 2. The Kier molecular flexibility index (Phi) is 7.49. The normalized spacial score (nSPS) is 10.4. The predicted molar refractivity (Wildman–Crippen MR) is 106 cm³/mol. The van der Waals surface area contributed by atoms with Gasteiger partial charge in [-0.25, -0.2) is 5.43 Å². The highest BCUT2D eigenvalue weighted by molar-refractivity contribution is 6.30. The van der Waals surface area contributed by atoms with Gasteiger partial charge in [-0.3, -0.25) is 19.7 Å². The average Bonchev–Trinajstić information content (AvgIpc) is 2.71. The lowest BCUT2D eigenvalue weighted by molar-refractivity contribution is -0.385. The summed E-state index contributed by atoms with van der Waals surface area (Å²) in [5, 5.41) is 17.8. The number of amides is 2. The van der Waals surface area contributed by atoms with E-state index in [1.165, 1.54) is 44.7 Å². The summed E-state index contributed by atoms with van der Waals surface area (Å²) in [6.45, 7) is -0.321. The van der Waals surface area contributed by atoms with E-state index in [0.29, 0.717) is 10.6 Å². The number of carbonyl (C=O) groups excluding carboxylic acids is 2. The number of hydrogen-bond acceptors (Lipinski definition) is 7. The molecule has 0 radical (unpaired) electrons. The van der Waals surface area contributed by atoms with Crippen LogP contribution in [0.15, 0.2) is 41.5 Å². The quantitative estimate of drug-likeness (QED) is 0.382. The minimum Gasteiger partial charge on any atom is -0.496 e. The van der Waals surface area contributed by atoms with Gasteiger partial charge in [0.05, 0.1) is 31.9 Å². The lowest BCUT2D eigenvalue weighted by Gasteiger charge is -2.08. The third-order valence-corrected chi connectivity index (χ3v) is 3.89. The first-order valence-electron chi connectivity index (χ1n) is 8.11. The van der Waals surface area contributed by atoms with Crippen molar-refractivity contribution >= 4 is 35.3 Å². The first kappa shape index (κ1) is 21.6. The Bertz CT molecular complexity index is 946. The number of ether oxygens (including phenoxy) is 2. The summed E-state index contributed by atoms with van der Waals surface area (Å²) in [7, 11) is 2.68. The van der Waals surface area contributed by atoms with Crippen molar-refractivity contribution in [1.29, 1.82) is 0 Å². The number of carbonyl (C=O) groups is 2. The molecule has 0 aliphatic carbocycles. The van der Waals surface area contributed by atoms with Gasteiger partial charge < -0.3 is 14.8 Å². The smallest absolute Gasteiger partial charge is 0.311 e. The molecule has 2 aromatic carbocycles. The van der Waals surface area contributed by atoms with Gasteiger partial charge in [0, 0.05) is 28.3 Å². The second kappa shape index (κ2) is 10.0. The van der Waals surface area contributed by atoms with Gasteiger partial charge >= 0.3 is 5.69 Å². The molecule has 2 N–H and O–H groups in total. The van der Waals surface area contributed by atoms with E-state index < -0.39 is 16.7 Å². The van der Waals surface area contributed by atoms with Crippen LogP contribution in [0.4, 0.5) is 5.69 Å². The van der Waals surface area contributed by atoms with Crippen LogP contribution in [0.2, 0.25) is 5.02 Å². The molecular weight excluding hydrogens is 404 g/mol. The first-order valence-corrected chi connectivity index (χ1v) is 8.49. The van der Waals surface area contributed by atoms with Gasteiger partial charge in [-0.05, 0) is 24.3 Å². The number of benzene rings is 2. The summed E-state index contributed by atoms with van der Waals surface area (Å²) >= 11 is 5.75. The number of methoxy groups -OCH3 is 2. The van der Waals surface area contributed by atoms with Crippen LogP contribution >= 0.6 is 11.6 Å². The van der Waals surface area contributed by atoms with Gasteiger partial charge in [0.25, 0.3) is 11.8 Å². The topological polar surface area (TPSA) is 132 Å². The van der Waals surface area contributed by atoms with Crippen LogP contribution in [-0.4, -0.2) is 43.7 Å². The number of nitro benzene ring substituents is 1. The molecule has 2 amide bonds. The SMILES string of the molecule is COc1cc(OC)c([N+](=O)[O-])cc1/C=N\NC(=O)CNC(=O)c1ccc(Cl)cc1. The second-order valence-corrected chi connectivity index (χ2v) is 5.94. The third kappa shape index (κ3) is 5.91. The molecule has 152 valence electrons. The number of halogens is 1. The molecule has 0 heterocycles. The van der Waals surface area contributed by atoms with E-state index in [4.69, 9.17) is 21.1 Å². The molecule has 0 atom stereocenters. The van der Waals surface area contributed by atoms with E-state index in [1.807, 2.05) is 0 Å². The van der Waals surface area contributed by atoms with Crippen molar-refractivity contribution in [2.75, 3.05) is 20.8 Å². The Labute approximate surface area is 170 Å². The average molecular weight is 421 g/mol. The van der Waals surface area contributed by atoms with Crippen LogP contribution in [0.25, 0.3) is 0 Å². The molecule has 0 unspecified atom stereocenters. The maximum absolute atomic E-state index is 11.9. The number of hydrazone groups is 1. The van der Waals surface area contributed by atoms with Crippen LogP contribution in [0.5, 0.6) is 11.5 Å². The first-order chi connectivity index (χ1) is 13.8. The third-order valence-electron chi connectivity index (χ3n) is 3.64. The molecular formula is C18H17ClN4O6. The molecule has 2 aromatic rings. The Morgan fingerprint density at radius 3 is 2.41 bits per heavy atom. The predicted octanol–water partition coefficient (Wildman–Crippen LogP) is 2.15. The minimum absolute atomic E-state index is 0.0259. The number of rotatable bonds is 8. The molecule has 0 saturated heterocycles. The highest BCUT2D eigenvalue weighted by Gasteiger charge is 2.19. The number of hydrogen-bond donors (Lipinski definition) is 2. The minimum atomic E-state index is -0.611. The lowest BCUT2D eigenvalue weighted by atomic mass is 10.1. The van der Waals surface area contributed by atoms with Crippen LogP contribution in [-0.2, 0) is 4.79 Å². The summed E-state index contributed by atoms with van der Waals surface area (Å²) in [4.78, 5) is 34.3. The molecule has 0 bridgehead atoms. The Balaban J connectivity index is 1.99. The van der Waals surface area contributed by atoms with Crippen molar-refractivity contribution in [2.24, 2.45) is 5.10 Å². The monoisotopic (exact) mass is 420 g/mol. The van der Waals surface area contributed by atoms with Crippen molar-refractivity contribution in [1.82, 2.24) is 10.7 Å². The van der Waals surface area contributed by atoms with Crippen molar-refractivity contribution in [3.05, 3.63) is 62.7 Å². The fourth-order valence-electron chi connectivity index (χ4n) is 2.23. The molecule has 0 spiro atoms. The summed E-state index contributed by atoms with van der Waals surface area (Å²) in [5.74, 6) is -0.752. The summed E-state index contributed by atoms with van der Waals surface area (Å²) < 4.78 is 10.1. The largest absolute Gasteiger partial charge is 0.496 e. The maximum Gasteiger partial charge on any atom is 0.311 e. The van der Waals surface area contributed by atoms with Crippen molar-refractivity contribution in [2.45, 2.75) is 0 Å². The van der Waals surface area contributed by atoms with E-state index in [1.54, 1.807) is 12.1 Å². The van der Waals surface area contributed by atoms with Gasteiger partial charge in [-0.2, -0.15) is 5.10 Å². The molecule has 2 rings (SSSR count). The zero-order valence-electron chi connectivity index (χ0n) is 15.5. The molecule has 29 heavy (non-hydrogen) atoms. The molecule has 0 aromatic heterocycles. The molecule has 10 nitrogen and oxygen atoms in total. The van der Waals surface area contributed by atoms with Crippen LogP contribution in [0.1, 0.15) is 15.9 Å². The molecule has 0 fully saturated rings. The lowest BCUT2D eigenvalue weighted by Crippen LogP contribution is -2.34. The summed E-state index contributed by atoms with van der Waals surface area (Å²) in [6, 6.07) is 8.71. The standard InChI is InChI=1S/C18H17ClN4O6/c1-28-15-8-16(29-2)14(23(26)27)7-12(15)9-21-22-17(24)10-20-18(25)11-3-5-13(19)6-4-11/h3-9H,10H2,1-2H3,(H,20,25)(H,22,24)/b21-9-. The highest BCUT2D eigenvalue weighted by Crippen LogP contribution is 2.33. The van der Waals surface area contributed by atoms with Crippen molar-refractivity contribution in [3.63, 3.8) is 0 Å². The van der Waals surface area contributed by atoms with Crippen LogP contribution in [0, 0.1) is 10.1 Å². The Morgan fingerprint density at radius 1 is 1.17 bits per heavy atom. The number of nitrogens with zero attached hydrogens (tertiary/aromatic N) is 2. The van der Waals surface area contributed by atoms with Crippen molar-refractivity contribution in [3.8, 4) is 11.5 Å². The van der Waals surface area contributed by atoms with E-state index in [9.17, 15) is 19.7 Å². The van der Waals surface area contributed by atoms with Gasteiger partial charge in [-0.15, -0.1) is 0 Å². The van der Waals surface area contributed by atoms with E-state index in [0.717, 1.165) is 0 Å². The fraction of sp³-hybridized carbons (Fsp3) is 0.167. The number of nitro groups is 1. The fourth-order valence-corrected chi connectivity index (χ4v) is 2.35. The molecule has 0 aliphatic rings. The van der Waals surface area contributed by atoms with Gasteiger partial charge in [0.2, 0.25) is 5.75 Å². The second-order valence-electron chi connectivity index (χ2n) is 5.51. The van der Waals surface area contributed by atoms with E-state index in [2.05, 4.69) is 15.8 Å². The molecule has 11 heteroatoms. The van der Waals surface area contributed by atoms with Crippen LogP contribution < -0.4 is 20.2 Å². The zero-order valence-corrected chi connectivity index (χ0v) is 16.2. The Morgan fingerprint density at radius 2 is 1.83 bits per heavy atom. The van der Waals surface area contributed by atoms with Gasteiger partial charge in [0.15, 0.2) is 0 Å². The molecule has 0 aliphatic heterocycles. The van der Waals surface area contributed by atoms with E-state index in [-0.39, 0.29) is 29.3 Å². The van der Waals surface area contributed by atoms with Crippen LogP contribution in [0.3, 0.4) is 0 Å². The van der Waals surface area contributed by atoms with Gasteiger partial charge in [-0.1, -0.05) is 11.6 Å². The summed E-state index contributed by atoms with van der Waals surface area (Å²) in [6.07, 6.45) is 1.18. The summed E-state index contributed by atoms with van der Waals surface area (Å²) in [5.41, 5.74) is 2.54. The van der Waals surface area contributed by atoms with Crippen molar-refractivity contribution < 1.29 is 24.0 Å². The maximum atomic E-state index is 11.9.